The van der Waals surface area contributed by atoms with Gasteiger partial charge in [-0.15, -0.1) is 12.4 Å². The largest absolute Gasteiger partial charge is 0.508 e. The summed E-state index contributed by atoms with van der Waals surface area (Å²) in [4.78, 5) is 2.16. The zero-order valence-corrected chi connectivity index (χ0v) is 10.6. The van der Waals surface area contributed by atoms with Gasteiger partial charge in [-0.3, -0.25) is 4.55 Å². The molecular formula is C10H12ClNO5S. The Morgan fingerprint density at radius 3 is 1.94 bits per heavy atom. The normalized spacial score (nSPS) is 9.83. The molecule has 0 saturated heterocycles. The van der Waals surface area contributed by atoms with Gasteiger partial charge in [-0.05, 0) is 24.3 Å². The lowest BCUT2D eigenvalue weighted by Gasteiger charge is -2.00. The fourth-order valence-electron chi connectivity index (χ4n) is 0.987. The fraction of sp³-hybridized carbons (Fsp3) is 0. The maximum absolute atomic E-state index is 10.5. The third-order valence-electron chi connectivity index (χ3n) is 1.72. The highest BCUT2D eigenvalue weighted by Crippen LogP contribution is 2.25. The number of nitrogens with one attached hydrogen (secondary N) is 1. The highest BCUT2D eigenvalue weighted by atomic mass is 35.5. The van der Waals surface area contributed by atoms with Crippen LogP contribution < -0.4 is 0 Å². The van der Waals surface area contributed by atoms with E-state index in [-0.39, 0.29) is 18.2 Å². The molecule has 0 unspecified atom stereocenters. The molecular weight excluding hydrogens is 282 g/mol. The van der Waals surface area contributed by atoms with Gasteiger partial charge >= 0.3 is 0 Å². The van der Waals surface area contributed by atoms with E-state index < -0.39 is 20.8 Å². The molecule has 0 spiro atoms. The molecule has 0 aliphatic rings. The number of benzene rings is 1. The second-order valence-corrected chi connectivity index (χ2v) is 4.40. The van der Waals surface area contributed by atoms with Crippen LogP contribution in [-0.2, 0) is 10.1 Å². The first kappa shape index (κ1) is 16.3. The van der Waals surface area contributed by atoms with Crippen LogP contribution in [0.1, 0.15) is 0 Å². The van der Waals surface area contributed by atoms with Crippen LogP contribution in [0, 0.1) is 0 Å². The molecule has 6 nitrogen and oxygen atoms in total. The molecule has 1 aromatic carbocycles. The van der Waals surface area contributed by atoms with E-state index in [1.54, 1.807) is 0 Å². The summed E-state index contributed by atoms with van der Waals surface area (Å²) in [5.41, 5.74) is 0. The van der Waals surface area contributed by atoms with Crippen molar-refractivity contribution in [2.45, 2.75) is 4.90 Å². The van der Waals surface area contributed by atoms with Gasteiger partial charge in [-0.1, -0.05) is 0 Å². The smallest absolute Gasteiger partial charge is 0.298 e. The third kappa shape index (κ3) is 5.09. The molecule has 0 bridgehead atoms. The predicted octanol–water partition coefficient (Wildman–Crippen LogP) is 1.78. The second-order valence-electron chi connectivity index (χ2n) is 3.01. The molecule has 0 atom stereocenters. The molecule has 1 heterocycles. The first-order chi connectivity index (χ1) is 7.91. The average molecular weight is 294 g/mol. The number of H-pyrrole nitrogens is 1. The van der Waals surface area contributed by atoms with Gasteiger partial charge < -0.3 is 15.2 Å². The SMILES string of the molecule is Cl.O=S(=O)(O)c1cc(O)ccc1O.c1cc[nH]c1. The lowest BCUT2D eigenvalue weighted by Crippen LogP contribution is -1.97. The molecule has 18 heavy (non-hydrogen) atoms. The highest BCUT2D eigenvalue weighted by molar-refractivity contribution is 7.86. The highest BCUT2D eigenvalue weighted by Gasteiger charge is 2.15. The van der Waals surface area contributed by atoms with Gasteiger partial charge in [0.1, 0.15) is 16.4 Å². The maximum Gasteiger partial charge on any atom is 0.298 e. The van der Waals surface area contributed by atoms with E-state index in [0.717, 1.165) is 18.2 Å². The number of halogens is 1. The van der Waals surface area contributed by atoms with Gasteiger partial charge in [-0.25, -0.2) is 0 Å². The molecule has 0 radical (unpaired) electrons. The molecule has 4 N–H and O–H groups in total. The number of phenolic OH excluding ortho intramolecular Hbond substituents is 2. The minimum atomic E-state index is -4.47. The van der Waals surface area contributed by atoms with Gasteiger partial charge in [0, 0.05) is 18.5 Å². The van der Waals surface area contributed by atoms with Crippen LogP contribution in [0.4, 0.5) is 0 Å². The topological polar surface area (TPSA) is 111 Å². The molecule has 1 aromatic heterocycles. The van der Waals surface area contributed by atoms with E-state index in [1.807, 2.05) is 24.5 Å². The predicted molar refractivity (Wildman–Crippen MR) is 67.6 cm³/mol. The summed E-state index contributed by atoms with van der Waals surface area (Å²) in [5, 5.41) is 17.7. The van der Waals surface area contributed by atoms with Crippen LogP contribution in [0.3, 0.4) is 0 Å². The average Bonchev–Trinajstić information content (AvgIpc) is 2.78. The van der Waals surface area contributed by atoms with E-state index in [4.69, 9.17) is 14.8 Å². The van der Waals surface area contributed by atoms with Crippen LogP contribution in [0.25, 0.3) is 0 Å². The number of rotatable bonds is 1. The zero-order valence-electron chi connectivity index (χ0n) is 9.02. The summed E-state index contributed by atoms with van der Waals surface area (Å²) >= 11 is 0. The lowest BCUT2D eigenvalue weighted by atomic mass is 10.3. The van der Waals surface area contributed by atoms with Crippen LogP contribution >= 0.6 is 12.4 Å². The second kappa shape index (κ2) is 6.90. The van der Waals surface area contributed by atoms with Crippen molar-refractivity contribution in [2.24, 2.45) is 0 Å². The van der Waals surface area contributed by atoms with E-state index in [9.17, 15) is 8.42 Å². The first-order valence-corrected chi connectivity index (χ1v) is 5.92. The molecule has 8 heteroatoms. The monoisotopic (exact) mass is 293 g/mol. The minimum Gasteiger partial charge on any atom is -0.508 e. The summed E-state index contributed by atoms with van der Waals surface area (Å²) in [6.45, 7) is 0. The molecule has 0 aliphatic heterocycles. The molecule has 0 fully saturated rings. The standard InChI is InChI=1S/C6H6O5S.C4H5N.ClH/c7-4-1-2-5(8)6(3-4)12(9,10)11;1-2-4-5-3-1;/h1-3,7-8H,(H,9,10,11);1-5H;1H. The van der Waals surface area contributed by atoms with Gasteiger partial charge in [0.25, 0.3) is 10.1 Å². The number of aromatic nitrogens is 1. The third-order valence-corrected chi connectivity index (χ3v) is 2.60. The summed E-state index contributed by atoms with van der Waals surface area (Å²) in [6, 6.07) is 6.72. The molecule has 0 amide bonds. The van der Waals surface area contributed by atoms with Crippen LogP contribution in [0.2, 0.25) is 0 Å². The Balaban J connectivity index is 0.000000405. The molecule has 0 saturated carbocycles. The molecule has 0 aliphatic carbocycles. The van der Waals surface area contributed by atoms with Gasteiger partial charge in [0.15, 0.2) is 0 Å². The van der Waals surface area contributed by atoms with Crippen molar-refractivity contribution >= 4 is 22.5 Å². The number of aromatic amines is 1. The van der Waals surface area contributed by atoms with Gasteiger partial charge in [-0.2, -0.15) is 8.42 Å². The van der Waals surface area contributed by atoms with Gasteiger partial charge in [0.05, 0.1) is 0 Å². The van der Waals surface area contributed by atoms with E-state index in [0.29, 0.717) is 0 Å². The quantitative estimate of drug-likeness (QED) is 0.473. The first-order valence-electron chi connectivity index (χ1n) is 4.48. The Hall–Kier alpha value is -1.70. The molecule has 2 aromatic rings. The summed E-state index contributed by atoms with van der Waals surface area (Å²) in [7, 11) is -4.47. The zero-order chi connectivity index (χ0) is 12.9. The van der Waals surface area contributed by atoms with E-state index in [1.165, 1.54) is 0 Å². The lowest BCUT2D eigenvalue weighted by molar-refractivity contribution is 0.433. The number of hydrogen-bond donors (Lipinski definition) is 4. The Bertz CT molecular complexity index is 551. The maximum atomic E-state index is 10.5. The van der Waals surface area contributed by atoms with E-state index >= 15 is 0 Å². The Morgan fingerprint density at radius 1 is 1.06 bits per heavy atom. The summed E-state index contributed by atoms with van der Waals surface area (Å²) in [6.07, 6.45) is 3.75. The molecule has 100 valence electrons. The van der Waals surface area contributed by atoms with Crippen molar-refractivity contribution < 1.29 is 23.2 Å². The number of hydrogen-bond acceptors (Lipinski definition) is 4. The van der Waals surface area contributed by atoms with Crippen molar-refractivity contribution in [3.8, 4) is 11.5 Å². The van der Waals surface area contributed by atoms with Crippen LogP contribution in [0.5, 0.6) is 11.5 Å². The number of phenols is 2. The van der Waals surface area contributed by atoms with Crippen molar-refractivity contribution in [1.82, 2.24) is 4.98 Å². The fourth-order valence-corrected chi connectivity index (χ4v) is 1.59. The Morgan fingerprint density at radius 2 is 1.61 bits per heavy atom. The van der Waals surface area contributed by atoms with Crippen molar-refractivity contribution in [3.05, 3.63) is 42.7 Å². The van der Waals surface area contributed by atoms with Crippen LogP contribution in [0.15, 0.2) is 47.6 Å². The minimum absolute atomic E-state index is 0. The van der Waals surface area contributed by atoms with E-state index in [2.05, 4.69) is 4.98 Å². The van der Waals surface area contributed by atoms with Crippen LogP contribution in [-0.4, -0.2) is 28.2 Å². The summed E-state index contributed by atoms with van der Waals surface area (Å²) < 4.78 is 29.5. The Kier molecular flexibility index (Phi) is 6.24. The van der Waals surface area contributed by atoms with Crippen molar-refractivity contribution in [2.75, 3.05) is 0 Å². The number of aromatic hydroxyl groups is 2. The van der Waals surface area contributed by atoms with Gasteiger partial charge in [0.2, 0.25) is 0 Å². The summed E-state index contributed by atoms with van der Waals surface area (Å²) in [5.74, 6) is -0.948. The molecule has 2 rings (SSSR count). The van der Waals surface area contributed by atoms with Crippen molar-refractivity contribution in [1.29, 1.82) is 0 Å². The van der Waals surface area contributed by atoms with Crippen molar-refractivity contribution in [3.63, 3.8) is 0 Å². The Labute approximate surface area is 110 Å².